The molecule has 0 aliphatic heterocycles. The lowest BCUT2D eigenvalue weighted by Gasteiger charge is -2.19. The van der Waals surface area contributed by atoms with Crippen molar-refractivity contribution in [1.82, 2.24) is 5.32 Å². The smallest absolute Gasteiger partial charge is 0.322 e. The Bertz CT molecular complexity index is 212. The van der Waals surface area contributed by atoms with Gasteiger partial charge < -0.3 is 15.2 Å². The van der Waals surface area contributed by atoms with Crippen LogP contribution in [-0.4, -0.2) is 47.9 Å². The molecule has 0 saturated carbocycles. The molecule has 0 aliphatic rings. The minimum absolute atomic E-state index is 0.200. The Labute approximate surface area is 108 Å². The first-order valence-corrected chi connectivity index (χ1v) is 7.12. The molecule has 0 aliphatic carbocycles. The SMILES string of the molecule is COC(=O)C(CCSC(C)CCO)NC(C)C. The van der Waals surface area contributed by atoms with Crippen LogP contribution in [0.4, 0.5) is 0 Å². The monoisotopic (exact) mass is 263 g/mol. The van der Waals surface area contributed by atoms with Gasteiger partial charge >= 0.3 is 5.97 Å². The number of thioether (sulfide) groups is 1. The van der Waals surface area contributed by atoms with Crippen LogP contribution in [0, 0.1) is 0 Å². The first-order chi connectivity index (χ1) is 8.01. The quantitative estimate of drug-likeness (QED) is 0.616. The van der Waals surface area contributed by atoms with Crippen LogP contribution in [0.3, 0.4) is 0 Å². The molecule has 0 heterocycles. The van der Waals surface area contributed by atoms with Gasteiger partial charge in [0.05, 0.1) is 7.11 Å². The summed E-state index contributed by atoms with van der Waals surface area (Å²) in [6.07, 6.45) is 1.55. The van der Waals surface area contributed by atoms with Crippen LogP contribution < -0.4 is 5.32 Å². The lowest BCUT2D eigenvalue weighted by molar-refractivity contribution is -0.143. The molecule has 0 rings (SSSR count). The van der Waals surface area contributed by atoms with Crippen molar-refractivity contribution in [3.05, 3.63) is 0 Å². The van der Waals surface area contributed by atoms with Crippen LogP contribution >= 0.6 is 11.8 Å². The van der Waals surface area contributed by atoms with Gasteiger partial charge in [-0.15, -0.1) is 0 Å². The first kappa shape index (κ1) is 16.7. The van der Waals surface area contributed by atoms with E-state index < -0.39 is 0 Å². The van der Waals surface area contributed by atoms with Gasteiger partial charge in [0.25, 0.3) is 0 Å². The lowest BCUT2D eigenvalue weighted by Crippen LogP contribution is -2.42. The highest BCUT2D eigenvalue weighted by Gasteiger charge is 2.19. The third-order valence-electron chi connectivity index (χ3n) is 2.36. The second kappa shape index (κ2) is 9.74. The van der Waals surface area contributed by atoms with Gasteiger partial charge in [0, 0.05) is 17.9 Å². The standard InChI is InChI=1S/C12H25NO3S/c1-9(2)13-11(12(15)16-4)6-8-17-10(3)5-7-14/h9-11,13-14H,5-8H2,1-4H3. The fourth-order valence-electron chi connectivity index (χ4n) is 1.47. The Balaban J connectivity index is 3.95. The third kappa shape index (κ3) is 8.46. The van der Waals surface area contributed by atoms with Crippen LogP contribution in [0.5, 0.6) is 0 Å². The van der Waals surface area contributed by atoms with E-state index in [-0.39, 0.29) is 24.7 Å². The number of hydrogen-bond acceptors (Lipinski definition) is 5. The van der Waals surface area contributed by atoms with Gasteiger partial charge in [0.1, 0.15) is 6.04 Å². The molecule has 0 aromatic carbocycles. The van der Waals surface area contributed by atoms with E-state index in [1.54, 1.807) is 11.8 Å². The summed E-state index contributed by atoms with van der Waals surface area (Å²) in [6, 6.07) is 0.0350. The zero-order chi connectivity index (χ0) is 13.3. The zero-order valence-corrected chi connectivity index (χ0v) is 12.0. The van der Waals surface area contributed by atoms with Crippen LogP contribution in [0.15, 0.2) is 0 Å². The van der Waals surface area contributed by atoms with Crippen molar-refractivity contribution in [3.8, 4) is 0 Å². The van der Waals surface area contributed by atoms with E-state index in [0.29, 0.717) is 5.25 Å². The summed E-state index contributed by atoms with van der Waals surface area (Å²) in [6.45, 7) is 6.33. The molecular formula is C12H25NO3S. The van der Waals surface area contributed by atoms with Crippen molar-refractivity contribution in [2.75, 3.05) is 19.5 Å². The van der Waals surface area contributed by atoms with Crippen molar-refractivity contribution in [1.29, 1.82) is 0 Å². The summed E-state index contributed by atoms with van der Waals surface area (Å²) < 4.78 is 4.77. The second-order valence-electron chi connectivity index (χ2n) is 4.38. The number of rotatable bonds is 9. The Morgan fingerprint density at radius 3 is 2.47 bits per heavy atom. The number of nitrogens with one attached hydrogen (secondary N) is 1. The van der Waals surface area contributed by atoms with Crippen molar-refractivity contribution >= 4 is 17.7 Å². The van der Waals surface area contributed by atoms with E-state index in [2.05, 4.69) is 12.2 Å². The minimum Gasteiger partial charge on any atom is -0.468 e. The molecule has 17 heavy (non-hydrogen) atoms. The molecule has 0 aromatic rings. The van der Waals surface area contributed by atoms with E-state index in [1.807, 2.05) is 13.8 Å². The number of methoxy groups -OCH3 is 1. The summed E-state index contributed by atoms with van der Waals surface area (Å²) in [7, 11) is 1.42. The predicted octanol–water partition coefficient (Wildman–Crippen LogP) is 1.42. The maximum Gasteiger partial charge on any atom is 0.322 e. The highest BCUT2D eigenvalue weighted by atomic mass is 32.2. The van der Waals surface area contributed by atoms with E-state index in [4.69, 9.17) is 9.84 Å². The fraction of sp³-hybridized carbons (Fsp3) is 0.917. The number of aliphatic hydroxyl groups excluding tert-OH is 1. The molecule has 2 unspecified atom stereocenters. The van der Waals surface area contributed by atoms with Gasteiger partial charge in [0.2, 0.25) is 0 Å². The Kier molecular flexibility index (Phi) is 9.59. The molecule has 0 amide bonds. The molecule has 0 spiro atoms. The molecule has 2 N–H and O–H groups in total. The number of ether oxygens (including phenoxy) is 1. The van der Waals surface area contributed by atoms with Crippen LogP contribution in [-0.2, 0) is 9.53 Å². The Hall–Kier alpha value is -0.260. The van der Waals surface area contributed by atoms with Crippen molar-refractivity contribution in [2.24, 2.45) is 0 Å². The molecular weight excluding hydrogens is 238 g/mol. The molecule has 102 valence electrons. The van der Waals surface area contributed by atoms with Crippen molar-refractivity contribution in [3.63, 3.8) is 0 Å². The number of aliphatic hydroxyl groups is 1. The minimum atomic E-state index is -0.228. The van der Waals surface area contributed by atoms with E-state index in [0.717, 1.165) is 18.6 Å². The number of carbonyl (C=O) groups excluding carboxylic acids is 1. The summed E-state index contributed by atoms with van der Waals surface area (Å²) in [5.41, 5.74) is 0. The van der Waals surface area contributed by atoms with Crippen molar-refractivity contribution < 1.29 is 14.6 Å². The van der Waals surface area contributed by atoms with Crippen LogP contribution in [0.25, 0.3) is 0 Å². The topological polar surface area (TPSA) is 58.6 Å². The summed E-state index contributed by atoms with van der Waals surface area (Å²) in [5, 5.41) is 12.4. The van der Waals surface area contributed by atoms with Crippen molar-refractivity contribution in [2.45, 2.75) is 50.9 Å². The van der Waals surface area contributed by atoms with Gasteiger partial charge in [-0.3, -0.25) is 4.79 Å². The zero-order valence-electron chi connectivity index (χ0n) is 11.2. The number of esters is 1. The Morgan fingerprint density at radius 2 is 2.00 bits per heavy atom. The predicted molar refractivity (Wildman–Crippen MR) is 72.3 cm³/mol. The molecule has 0 aromatic heterocycles. The second-order valence-corrected chi connectivity index (χ2v) is 5.93. The molecule has 0 saturated heterocycles. The lowest BCUT2D eigenvalue weighted by atomic mass is 10.2. The van der Waals surface area contributed by atoms with Gasteiger partial charge in [0.15, 0.2) is 0 Å². The highest BCUT2D eigenvalue weighted by molar-refractivity contribution is 7.99. The fourth-order valence-corrected chi connectivity index (χ4v) is 2.51. The molecule has 0 fully saturated rings. The highest BCUT2D eigenvalue weighted by Crippen LogP contribution is 2.16. The number of hydrogen-bond donors (Lipinski definition) is 2. The molecule has 5 heteroatoms. The van der Waals surface area contributed by atoms with Gasteiger partial charge in [-0.25, -0.2) is 0 Å². The summed E-state index contributed by atoms with van der Waals surface area (Å²) >= 11 is 1.78. The maximum absolute atomic E-state index is 11.5. The molecule has 0 bridgehead atoms. The number of carbonyl (C=O) groups is 1. The average molecular weight is 263 g/mol. The largest absolute Gasteiger partial charge is 0.468 e. The van der Waals surface area contributed by atoms with Gasteiger partial charge in [-0.05, 0) is 18.6 Å². The summed E-state index contributed by atoms with van der Waals surface area (Å²) in [4.78, 5) is 11.5. The third-order valence-corrected chi connectivity index (χ3v) is 3.64. The first-order valence-electron chi connectivity index (χ1n) is 6.07. The Morgan fingerprint density at radius 1 is 1.35 bits per heavy atom. The maximum atomic E-state index is 11.5. The molecule has 4 nitrogen and oxygen atoms in total. The van der Waals surface area contributed by atoms with E-state index in [9.17, 15) is 4.79 Å². The molecule has 0 radical (unpaired) electrons. The average Bonchev–Trinajstić information content (AvgIpc) is 2.26. The van der Waals surface area contributed by atoms with Crippen LogP contribution in [0.2, 0.25) is 0 Å². The van der Waals surface area contributed by atoms with Gasteiger partial charge in [-0.2, -0.15) is 11.8 Å². The normalized spacial score (nSPS) is 14.7. The molecule has 2 atom stereocenters. The van der Waals surface area contributed by atoms with Gasteiger partial charge in [-0.1, -0.05) is 20.8 Å². The van der Waals surface area contributed by atoms with E-state index in [1.165, 1.54) is 7.11 Å². The van der Waals surface area contributed by atoms with Crippen LogP contribution in [0.1, 0.15) is 33.6 Å². The van der Waals surface area contributed by atoms with E-state index >= 15 is 0 Å². The summed E-state index contributed by atoms with van der Waals surface area (Å²) in [5.74, 6) is 0.690.